The molecule has 2 fully saturated rings. The number of nitriles is 1. The number of fused-ring (bicyclic) bond motifs is 2. The van der Waals surface area contributed by atoms with Crippen molar-refractivity contribution in [1.82, 2.24) is 9.97 Å². The van der Waals surface area contributed by atoms with Crippen molar-refractivity contribution in [2.45, 2.75) is 24.0 Å². The van der Waals surface area contributed by atoms with Crippen molar-refractivity contribution in [2.75, 3.05) is 5.73 Å². The van der Waals surface area contributed by atoms with E-state index in [2.05, 4.69) is 9.97 Å². The largest absolute Gasteiger partial charge is 0.388 e. The van der Waals surface area contributed by atoms with E-state index in [0.717, 1.165) is 0 Å². The van der Waals surface area contributed by atoms with E-state index in [1.807, 2.05) is 6.07 Å². The van der Waals surface area contributed by atoms with Gasteiger partial charge in [0.05, 0.1) is 16.1 Å². The van der Waals surface area contributed by atoms with Crippen LogP contribution < -0.4 is 5.73 Å². The fraction of sp³-hybridized carbons (Fsp3) is 0.417. The van der Waals surface area contributed by atoms with E-state index in [0.29, 0.717) is 21.6 Å². The van der Waals surface area contributed by atoms with Crippen LogP contribution in [0.2, 0.25) is 0 Å². The molecule has 102 valence electrons. The summed E-state index contributed by atoms with van der Waals surface area (Å²) in [5, 5.41) is 20.4. The molecule has 2 aromatic rings. The molecule has 3 N–H and O–H groups in total. The van der Waals surface area contributed by atoms with Gasteiger partial charge in [-0.3, -0.25) is 0 Å². The van der Waals surface area contributed by atoms with E-state index >= 15 is 0 Å². The Hall–Kier alpha value is -1.82. The van der Waals surface area contributed by atoms with Crippen molar-refractivity contribution >= 4 is 27.4 Å². The second-order valence-electron chi connectivity index (χ2n) is 4.99. The molecule has 1 saturated heterocycles. The van der Waals surface area contributed by atoms with Gasteiger partial charge in [-0.15, -0.1) is 11.3 Å². The van der Waals surface area contributed by atoms with E-state index in [-0.39, 0.29) is 0 Å². The molecule has 1 aliphatic heterocycles. The maximum atomic E-state index is 14.4. The van der Waals surface area contributed by atoms with Gasteiger partial charge in [0.25, 0.3) is 0 Å². The number of aliphatic hydroxyl groups is 1. The Morgan fingerprint density at radius 3 is 3.05 bits per heavy atom. The van der Waals surface area contributed by atoms with Gasteiger partial charge in [-0.2, -0.15) is 5.26 Å². The van der Waals surface area contributed by atoms with Crippen LogP contribution in [0.25, 0.3) is 10.2 Å². The number of nitrogens with two attached hydrogens (primary N) is 1. The second kappa shape index (κ2) is 3.63. The number of nitrogen functional groups attached to an aromatic ring is 1. The maximum Gasteiger partial charge on any atom is 0.189 e. The summed E-state index contributed by atoms with van der Waals surface area (Å²) in [6.45, 7) is 0. The van der Waals surface area contributed by atoms with Gasteiger partial charge in [0, 0.05) is 5.56 Å². The summed E-state index contributed by atoms with van der Waals surface area (Å²) in [6, 6.07) is 1.88. The minimum atomic E-state index is -1.43. The third-order valence-corrected chi connectivity index (χ3v) is 5.02. The number of thiophene rings is 1. The lowest BCUT2D eigenvalue weighted by molar-refractivity contribution is -0.0283. The fourth-order valence-electron chi connectivity index (χ4n) is 2.89. The quantitative estimate of drug-likeness (QED) is 0.810. The molecule has 8 heteroatoms. The molecule has 0 amide bonds. The molecule has 5 atom stereocenters. The molecule has 1 saturated carbocycles. The Morgan fingerprint density at radius 1 is 1.55 bits per heavy atom. The van der Waals surface area contributed by atoms with Crippen molar-refractivity contribution < 1.29 is 14.2 Å². The highest BCUT2D eigenvalue weighted by molar-refractivity contribution is 7.17. The molecule has 0 spiro atoms. The van der Waals surface area contributed by atoms with Crippen LogP contribution in [0.15, 0.2) is 11.7 Å². The van der Waals surface area contributed by atoms with Crippen molar-refractivity contribution in [3.63, 3.8) is 0 Å². The molecule has 0 aromatic carbocycles. The minimum Gasteiger partial charge on any atom is -0.388 e. The van der Waals surface area contributed by atoms with Crippen LogP contribution in [0.4, 0.5) is 10.2 Å². The monoisotopic (exact) mass is 292 g/mol. The maximum absolute atomic E-state index is 14.4. The predicted octanol–water partition coefficient (Wildman–Crippen LogP) is 0.936. The number of hydrogen-bond donors (Lipinski definition) is 2. The van der Waals surface area contributed by atoms with Crippen LogP contribution in [0.5, 0.6) is 0 Å². The first-order chi connectivity index (χ1) is 9.60. The lowest BCUT2D eigenvalue weighted by Crippen LogP contribution is -2.21. The molecule has 4 rings (SSSR count). The molecular formula is C12H9FN4O2S. The van der Waals surface area contributed by atoms with Gasteiger partial charge in [0.15, 0.2) is 5.60 Å². The van der Waals surface area contributed by atoms with E-state index in [1.165, 1.54) is 17.7 Å². The van der Waals surface area contributed by atoms with E-state index in [9.17, 15) is 9.50 Å². The SMILES string of the molecule is N#C[C@]12O[C@@H](c3csc4c(N)ncnc34)[C@H](F)C1C2O. The highest BCUT2D eigenvalue weighted by Gasteiger charge is 2.77. The number of hydrogen-bond acceptors (Lipinski definition) is 7. The van der Waals surface area contributed by atoms with E-state index in [1.54, 1.807) is 5.38 Å². The molecule has 2 aromatic heterocycles. The summed E-state index contributed by atoms with van der Waals surface area (Å²) < 4.78 is 20.6. The van der Waals surface area contributed by atoms with Gasteiger partial charge in [-0.1, -0.05) is 0 Å². The normalized spacial score (nSPS) is 38.6. The zero-order valence-electron chi connectivity index (χ0n) is 10.0. The zero-order valence-corrected chi connectivity index (χ0v) is 10.8. The first kappa shape index (κ1) is 12.0. The van der Waals surface area contributed by atoms with Crippen molar-refractivity contribution in [3.05, 3.63) is 17.3 Å². The van der Waals surface area contributed by atoms with Crippen molar-refractivity contribution in [1.29, 1.82) is 5.26 Å². The minimum absolute atomic E-state index is 0.333. The lowest BCUT2D eigenvalue weighted by atomic mass is 10.0. The Morgan fingerprint density at radius 2 is 2.35 bits per heavy atom. The van der Waals surface area contributed by atoms with Gasteiger partial charge in [0.1, 0.15) is 36.6 Å². The average Bonchev–Trinajstić information content (AvgIpc) is 2.78. The summed E-state index contributed by atoms with van der Waals surface area (Å²) >= 11 is 1.31. The van der Waals surface area contributed by atoms with Gasteiger partial charge in [-0.25, -0.2) is 14.4 Å². The number of anilines is 1. The van der Waals surface area contributed by atoms with E-state index in [4.69, 9.17) is 15.7 Å². The summed E-state index contributed by atoms with van der Waals surface area (Å²) in [6.07, 6.45) is -2.07. The summed E-state index contributed by atoms with van der Waals surface area (Å²) in [7, 11) is 0. The van der Waals surface area contributed by atoms with Crippen LogP contribution in [-0.2, 0) is 4.74 Å². The third kappa shape index (κ3) is 1.22. The summed E-state index contributed by atoms with van der Waals surface area (Å²) in [4.78, 5) is 8.00. The standard InChI is InChI=1S/C12H9FN4O2S/c13-6-5-10(18)12(5,2-14)19-8(6)4-1-20-9-7(4)16-3-17-11(9)15/h1,3,5-6,8,10,18H,(H2,15,16,17)/t5?,6-,8+,10?,12+/m1/s1. The topological polar surface area (TPSA) is 105 Å². The number of aliphatic hydroxyl groups excluding tert-OH is 1. The Labute approximate surface area is 116 Å². The Bertz CT molecular complexity index is 759. The summed E-state index contributed by atoms with van der Waals surface area (Å²) in [5.41, 5.74) is 5.44. The van der Waals surface area contributed by atoms with Crippen LogP contribution in [0.3, 0.4) is 0 Å². The molecule has 20 heavy (non-hydrogen) atoms. The van der Waals surface area contributed by atoms with E-state index < -0.39 is 29.9 Å². The highest BCUT2D eigenvalue weighted by Crippen LogP contribution is 2.61. The van der Waals surface area contributed by atoms with Gasteiger partial charge < -0.3 is 15.6 Å². The first-order valence-electron chi connectivity index (χ1n) is 5.99. The molecule has 6 nitrogen and oxygen atoms in total. The van der Waals surface area contributed by atoms with Crippen LogP contribution in [0, 0.1) is 17.2 Å². The molecule has 0 radical (unpaired) electrons. The zero-order chi connectivity index (χ0) is 14.1. The van der Waals surface area contributed by atoms with Crippen LogP contribution in [-0.4, -0.2) is 33.0 Å². The molecule has 2 unspecified atom stereocenters. The number of alkyl halides is 1. The molecule has 2 aliphatic rings. The number of nitrogens with zero attached hydrogens (tertiary/aromatic N) is 3. The molecule has 0 bridgehead atoms. The number of rotatable bonds is 1. The van der Waals surface area contributed by atoms with Crippen LogP contribution >= 0.6 is 11.3 Å². The third-order valence-electron chi connectivity index (χ3n) is 4.01. The molecule has 1 aliphatic carbocycles. The second-order valence-corrected chi connectivity index (χ2v) is 5.87. The number of aromatic nitrogens is 2. The fourth-order valence-corrected chi connectivity index (χ4v) is 3.83. The number of ether oxygens (including phenoxy) is 1. The first-order valence-corrected chi connectivity index (χ1v) is 6.87. The van der Waals surface area contributed by atoms with Crippen molar-refractivity contribution in [3.8, 4) is 6.07 Å². The Kier molecular flexibility index (Phi) is 2.17. The molecular weight excluding hydrogens is 283 g/mol. The van der Waals surface area contributed by atoms with Crippen molar-refractivity contribution in [2.24, 2.45) is 5.92 Å². The van der Waals surface area contributed by atoms with Gasteiger partial charge in [0.2, 0.25) is 0 Å². The Balaban J connectivity index is 1.79. The lowest BCUT2D eigenvalue weighted by Gasteiger charge is -2.17. The van der Waals surface area contributed by atoms with Crippen LogP contribution in [0.1, 0.15) is 11.7 Å². The molecule has 3 heterocycles. The van der Waals surface area contributed by atoms with Gasteiger partial charge in [-0.05, 0) is 5.38 Å². The summed E-state index contributed by atoms with van der Waals surface area (Å²) in [5.74, 6) is -0.452. The van der Waals surface area contributed by atoms with Gasteiger partial charge >= 0.3 is 0 Å². The smallest absolute Gasteiger partial charge is 0.189 e. The number of halogens is 1. The highest BCUT2D eigenvalue weighted by atomic mass is 32.1. The average molecular weight is 292 g/mol. The predicted molar refractivity (Wildman–Crippen MR) is 68.4 cm³/mol.